The van der Waals surface area contributed by atoms with Gasteiger partial charge in [0.15, 0.2) is 11.5 Å². The molecule has 0 saturated carbocycles. The lowest BCUT2D eigenvalue weighted by Gasteiger charge is -2.24. The number of hydrogen-bond donors (Lipinski definition) is 1. The van der Waals surface area contributed by atoms with Crippen molar-refractivity contribution in [3.8, 4) is 11.5 Å². The largest absolute Gasteiger partial charge is 0.493 e. The van der Waals surface area contributed by atoms with E-state index in [9.17, 15) is 13.2 Å². The van der Waals surface area contributed by atoms with E-state index < -0.39 is 28.5 Å². The van der Waals surface area contributed by atoms with Gasteiger partial charge >= 0.3 is 0 Å². The Morgan fingerprint density at radius 3 is 2.28 bits per heavy atom. The highest BCUT2D eigenvalue weighted by Gasteiger charge is 2.28. The topological polar surface area (TPSA) is 84.9 Å². The Kier molecular flexibility index (Phi) is 9.66. The van der Waals surface area contributed by atoms with Crippen LogP contribution in [0.3, 0.4) is 0 Å². The van der Waals surface area contributed by atoms with Gasteiger partial charge in [0, 0.05) is 21.1 Å². The number of nitrogens with zero attached hydrogens (tertiary/aromatic N) is 1. The third-order valence-corrected chi connectivity index (χ3v) is 8.34. The van der Waals surface area contributed by atoms with Gasteiger partial charge in [0.1, 0.15) is 0 Å². The molecule has 0 heterocycles. The van der Waals surface area contributed by atoms with E-state index in [0.29, 0.717) is 27.1 Å². The van der Waals surface area contributed by atoms with Crippen LogP contribution < -0.4 is 14.8 Å². The number of amides is 1. The SMILES string of the molecule is COc1ccc(C(C)NC(=O)CN(Cc2ccc(Cl)cc2Cl)S(=O)(=O)c2ccc(Br)cc2)cc1OC. The standard InChI is InChI=1S/C25H25BrCl2N2O5S/c1-16(17-5-11-23(34-2)24(12-17)35-3)29-25(31)15-30(14-18-4-8-20(27)13-22(18)28)36(32,33)21-9-6-19(26)7-10-21/h4-13,16H,14-15H2,1-3H3,(H,29,31). The average molecular weight is 616 g/mol. The molecule has 1 unspecified atom stereocenters. The smallest absolute Gasteiger partial charge is 0.243 e. The number of ether oxygens (including phenoxy) is 2. The lowest BCUT2D eigenvalue weighted by atomic mass is 10.1. The van der Waals surface area contributed by atoms with Crippen LogP contribution in [0.2, 0.25) is 10.0 Å². The van der Waals surface area contributed by atoms with Crippen LogP contribution in [-0.2, 0) is 21.4 Å². The maximum atomic E-state index is 13.5. The zero-order valence-corrected chi connectivity index (χ0v) is 23.7. The number of carbonyl (C=O) groups is 1. The van der Waals surface area contributed by atoms with Gasteiger partial charge in [-0.3, -0.25) is 4.79 Å². The summed E-state index contributed by atoms with van der Waals surface area (Å²) in [7, 11) is -0.971. The van der Waals surface area contributed by atoms with Gasteiger partial charge in [-0.15, -0.1) is 0 Å². The zero-order chi connectivity index (χ0) is 26.5. The van der Waals surface area contributed by atoms with Crippen molar-refractivity contribution in [3.63, 3.8) is 0 Å². The van der Waals surface area contributed by atoms with E-state index >= 15 is 0 Å². The van der Waals surface area contributed by atoms with Crippen LogP contribution in [0.15, 0.2) is 70.0 Å². The highest BCUT2D eigenvalue weighted by molar-refractivity contribution is 9.10. The minimum absolute atomic E-state index is 0.0523. The fourth-order valence-electron chi connectivity index (χ4n) is 3.47. The predicted molar refractivity (Wildman–Crippen MR) is 144 cm³/mol. The molecular weight excluding hydrogens is 591 g/mol. The number of rotatable bonds is 10. The van der Waals surface area contributed by atoms with E-state index in [-0.39, 0.29) is 11.4 Å². The lowest BCUT2D eigenvalue weighted by Crippen LogP contribution is -2.41. The molecule has 11 heteroatoms. The Morgan fingerprint density at radius 2 is 1.67 bits per heavy atom. The van der Waals surface area contributed by atoms with Crippen molar-refractivity contribution in [2.24, 2.45) is 0 Å². The molecule has 0 aromatic heterocycles. The van der Waals surface area contributed by atoms with Crippen molar-refractivity contribution in [2.45, 2.75) is 24.4 Å². The molecule has 192 valence electrons. The van der Waals surface area contributed by atoms with E-state index in [0.717, 1.165) is 14.3 Å². The Labute approximate surface area is 229 Å². The molecule has 0 aliphatic rings. The molecule has 0 aliphatic carbocycles. The van der Waals surface area contributed by atoms with Crippen LogP contribution in [0.4, 0.5) is 0 Å². The molecule has 1 atom stereocenters. The van der Waals surface area contributed by atoms with Crippen molar-refractivity contribution < 1.29 is 22.7 Å². The second-order valence-corrected chi connectivity index (χ2v) is 11.6. The van der Waals surface area contributed by atoms with Gasteiger partial charge < -0.3 is 14.8 Å². The van der Waals surface area contributed by atoms with Crippen LogP contribution in [-0.4, -0.2) is 39.4 Å². The van der Waals surface area contributed by atoms with E-state index in [1.807, 2.05) is 0 Å². The zero-order valence-electron chi connectivity index (χ0n) is 19.8. The molecule has 0 fully saturated rings. The Balaban J connectivity index is 1.86. The number of carbonyl (C=O) groups excluding carboxylic acids is 1. The summed E-state index contributed by atoms with van der Waals surface area (Å²) >= 11 is 15.6. The summed E-state index contributed by atoms with van der Waals surface area (Å²) in [5.74, 6) is 0.599. The molecule has 3 rings (SSSR count). The van der Waals surface area contributed by atoms with Gasteiger partial charge in [0.05, 0.1) is 31.7 Å². The number of benzene rings is 3. The van der Waals surface area contributed by atoms with E-state index in [1.165, 1.54) is 32.4 Å². The molecule has 1 amide bonds. The lowest BCUT2D eigenvalue weighted by molar-refractivity contribution is -0.122. The number of methoxy groups -OCH3 is 2. The first kappa shape index (κ1) is 28.3. The normalized spacial score (nSPS) is 12.3. The van der Waals surface area contributed by atoms with Crippen molar-refractivity contribution >= 4 is 55.1 Å². The monoisotopic (exact) mass is 614 g/mol. The summed E-state index contributed by atoms with van der Waals surface area (Å²) in [6, 6.07) is 15.9. The summed E-state index contributed by atoms with van der Waals surface area (Å²) in [5.41, 5.74) is 1.28. The third kappa shape index (κ3) is 6.92. The van der Waals surface area contributed by atoms with Crippen LogP contribution in [0.25, 0.3) is 0 Å². The Morgan fingerprint density at radius 1 is 1.00 bits per heavy atom. The summed E-state index contributed by atoms with van der Waals surface area (Å²) in [5, 5.41) is 3.58. The minimum Gasteiger partial charge on any atom is -0.493 e. The van der Waals surface area contributed by atoms with Crippen molar-refractivity contribution in [1.29, 1.82) is 0 Å². The molecule has 3 aromatic rings. The van der Waals surface area contributed by atoms with Crippen LogP contribution >= 0.6 is 39.1 Å². The second kappa shape index (κ2) is 12.3. The maximum Gasteiger partial charge on any atom is 0.243 e. The van der Waals surface area contributed by atoms with Gasteiger partial charge in [0.2, 0.25) is 15.9 Å². The molecule has 7 nitrogen and oxygen atoms in total. The number of sulfonamides is 1. The molecule has 0 aliphatic heterocycles. The first-order chi connectivity index (χ1) is 17.0. The molecule has 0 radical (unpaired) electrons. The second-order valence-electron chi connectivity index (χ2n) is 7.87. The van der Waals surface area contributed by atoms with Gasteiger partial charge in [-0.25, -0.2) is 8.42 Å². The van der Waals surface area contributed by atoms with Gasteiger partial charge in [-0.05, 0) is 66.6 Å². The minimum atomic E-state index is -4.03. The Hall–Kier alpha value is -2.30. The van der Waals surface area contributed by atoms with E-state index in [1.54, 1.807) is 49.4 Å². The molecule has 36 heavy (non-hydrogen) atoms. The van der Waals surface area contributed by atoms with E-state index in [4.69, 9.17) is 32.7 Å². The summed E-state index contributed by atoms with van der Waals surface area (Å²) in [6.07, 6.45) is 0. The van der Waals surface area contributed by atoms with Crippen molar-refractivity contribution in [1.82, 2.24) is 9.62 Å². The molecule has 1 N–H and O–H groups in total. The highest BCUT2D eigenvalue weighted by Crippen LogP contribution is 2.30. The first-order valence-electron chi connectivity index (χ1n) is 10.8. The molecular formula is C25H25BrCl2N2O5S. The number of nitrogens with one attached hydrogen (secondary N) is 1. The maximum absolute atomic E-state index is 13.5. The fraction of sp³-hybridized carbons (Fsp3) is 0.240. The van der Waals surface area contributed by atoms with Crippen molar-refractivity contribution in [3.05, 3.63) is 86.3 Å². The molecule has 3 aromatic carbocycles. The average Bonchev–Trinajstić information content (AvgIpc) is 2.84. The number of halogens is 3. The number of hydrogen-bond acceptors (Lipinski definition) is 5. The van der Waals surface area contributed by atoms with Crippen molar-refractivity contribution in [2.75, 3.05) is 20.8 Å². The van der Waals surface area contributed by atoms with Gasteiger partial charge in [0.25, 0.3) is 0 Å². The summed E-state index contributed by atoms with van der Waals surface area (Å²) in [4.78, 5) is 13.1. The predicted octanol–water partition coefficient (Wildman–Crippen LogP) is 5.84. The molecule has 0 saturated heterocycles. The van der Waals surface area contributed by atoms with Crippen LogP contribution in [0.5, 0.6) is 11.5 Å². The Bertz CT molecular complexity index is 1340. The van der Waals surface area contributed by atoms with Gasteiger partial charge in [-0.1, -0.05) is 51.3 Å². The first-order valence-corrected chi connectivity index (χ1v) is 13.7. The molecule has 0 bridgehead atoms. The fourth-order valence-corrected chi connectivity index (χ4v) is 5.58. The molecule has 0 spiro atoms. The van der Waals surface area contributed by atoms with E-state index in [2.05, 4.69) is 21.2 Å². The quantitative estimate of drug-likeness (QED) is 0.310. The van der Waals surface area contributed by atoms with Crippen LogP contribution in [0.1, 0.15) is 24.1 Å². The summed E-state index contributed by atoms with van der Waals surface area (Å²) < 4.78 is 39.4. The van der Waals surface area contributed by atoms with Crippen LogP contribution in [0, 0.1) is 0 Å². The third-order valence-electron chi connectivity index (χ3n) is 5.42. The summed E-state index contributed by atoms with van der Waals surface area (Å²) in [6.45, 7) is 1.25. The highest BCUT2D eigenvalue weighted by atomic mass is 79.9. The van der Waals surface area contributed by atoms with Gasteiger partial charge in [-0.2, -0.15) is 4.31 Å².